The van der Waals surface area contributed by atoms with Crippen molar-refractivity contribution in [1.29, 1.82) is 0 Å². The number of carboxylic acids is 1. The van der Waals surface area contributed by atoms with E-state index in [0.717, 1.165) is 29.7 Å². The molecule has 0 spiro atoms. The molecule has 1 aliphatic rings. The van der Waals surface area contributed by atoms with Crippen molar-refractivity contribution >= 4 is 17.7 Å². The zero-order valence-electron chi connectivity index (χ0n) is 13.4. The highest BCUT2D eigenvalue weighted by Crippen LogP contribution is 2.30. The number of hydrogen-bond donors (Lipinski definition) is 1. The number of carbonyl (C=O) groups is 2. The molecule has 22 heavy (non-hydrogen) atoms. The van der Waals surface area contributed by atoms with Gasteiger partial charge in [0.15, 0.2) is 0 Å². The van der Waals surface area contributed by atoms with Crippen LogP contribution >= 0.6 is 0 Å². The van der Waals surface area contributed by atoms with Gasteiger partial charge in [0.25, 0.3) is 0 Å². The number of anilines is 1. The highest BCUT2D eigenvalue weighted by atomic mass is 16.6. The Balaban J connectivity index is 2.04. The summed E-state index contributed by atoms with van der Waals surface area (Å²) in [5.74, 6) is -0.766. The first-order valence-corrected chi connectivity index (χ1v) is 7.60. The summed E-state index contributed by atoms with van der Waals surface area (Å²) < 4.78 is 5.42. The minimum atomic E-state index is -0.766. The molecule has 1 aromatic carbocycles. The van der Waals surface area contributed by atoms with Gasteiger partial charge in [0.1, 0.15) is 5.60 Å². The van der Waals surface area contributed by atoms with Crippen molar-refractivity contribution in [3.05, 3.63) is 29.3 Å². The molecule has 1 aliphatic heterocycles. The van der Waals surface area contributed by atoms with Crippen LogP contribution in [0.4, 0.5) is 10.5 Å². The van der Waals surface area contributed by atoms with Crippen LogP contribution in [0.25, 0.3) is 0 Å². The standard InChI is InChI=1S/C17H23NO4/c1-17(2,3)22-16(21)18-10-9-13-11-12(7-8-14(13)18)5-4-6-15(19)20/h7-8,11H,4-6,9-10H2,1-3H3,(H,19,20). The number of carbonyl (C=O) groups excluding carboxylic acids is 1. The molecule has 0 aromatic heterocycles. The molecule has 1 N–H and O–H groups in total. The van der Waals surface area contributed by atoms with E-state index >= 15 is 0 Å². The normalized spacial score (nSPS) is 13.9. The van der Waals surface area contributed by atoms with Crippen LogP contribution in [-0.4, -0.2) is 29.3 Å². The zero-order chi connectivity index (χ0) is 16.3. The predicted molar refractivity (Wildman–Crippen MR) is 84.3 cm³/mol. The van der Waals surface area contributed by atoms with Crippen LogP contribution in [0.1, 0.15) is 44.7 Å². The Morgan fingerprint density at radius 2 is 2.05 bits per heavy atom. The molecule has 0 atom stereocenters. The SMILES string of the molecule is CC(C)(C)OC(=O)N1CCc2cc(CCCC(=O)O)ccc21. The lowest BCUT2D eigenvalue weighted by Crippen LogP contribution is -2.35. The van der Waals surface area contributed by atoms with Gasteiger partial charge in [-0.25, -0.2) is 4.79 Å². The molecule has 5 nitrogen and oxygen atoms in total. The van der Waals surface area contributed by atoms with Gasteiger partial charge < -0.3 is 9.84 Å². The third kappa shape index (κ3) is 4.23. The molecule has 1 amide bonds. The first-order valence-electron chi connectivity index (χ1n) is 7.60. The summed E-state index contributed by atoms with van der Waals surface area (Å²) in [5.41, 5.74) is 2.64. The molecule has 0 radical (unpaired) electrons. The van der Waals surface area contributed by atoms with Crippen molar-refractivity contribution in [3.8, 4) is 0 Å². The second kappa shape index (κ2) is 6.38. The number of amides is 1. The van der Waals surface area contributed by atoms with Gasteiger partial charge >= 0.3 is 12.1 Å². The van der Waals surface area contributed by atoms with E-state index in [4.69, 9.17) is 9.84 Å². The lowest BCUT2D eigenvalue weighted by molar-refractivity contribution is -0.137. The van der Waals surface area contributed by atoms with Gasteiger partial charge in [-0.2, -0.15) is 0 Å². The number of carboxylic acid groups (broad SMARTS) is 1. The second-order valence-corrected chi connectivity index (χ2v) is 6.59. The summed E-state index contributed by atoms with van der Waals surface area (Å²) in [5, 5.41) is 8.68. The average Bonchev–Trinajstić information content (AvgIpc) is 2.79. The number of aryl methyl sites for hydroxylation is 1. The number of fused-ring (bicyclic) bond motifs is 1. The van der Waals surface area contributed by atoms with E-state index in [2.05, 4.69) is 6.07 Å². The number of benzene rings is 1. The van der Waals surface area contributed by atoms with Crippen LogP contribution in [0.15, 0.2) is 18.2 Å². The third-order valence-corrected chi connectivity index (χ3v) is 3.51. The van der Waals surface area contributed by atoms with Crippen molar-refractivity contribution in [1.82, 2.24) is 0 Å². The lowest BCUT2D eigenvalue weighted by atomic mass is 10.0. The Kier molecular flexibility index (Phi) is 4.74. The number of nitrogens with zero attached hydrogens (tertiary/aromatic N) is 1. The molecule has 5 heteroatoms. The van der Waals surface area contributed by atoms with Crippen molar-refractivity contribution in [2.75, 3.05) is 11.4 Å². The van der Waals surface area contributed by atoms with Crippen molar-refractivity contribution in [3.63, 3.8) is 0 Å². The Morgan fingerprint density at radius 1 is 1.32 bits per heavy atom. The maximum atomic E-state index is 12.2. The van der Waals surface area contributed by atoms with Gasteiger partial charge in [-0.05, 0) is 57.2 Å². The van der Waals surface area contributed by atoms with Crippen molar-refractivity contribution in [2.24, 2.45) is 0 Å². The number of hydrogen-bond acceptors (Lipinski definition) is 3. The predicted octanol–water partition coefficient (Wildman–Crippen LogP) is 3.39. The number of rotatable bonds is 4. The number of aliphatic carboxylic acids is 1. The molecule has 120 valence electrons. The molecule has 2 rings (SSSR count). The highest BCUT2D eigenvalue weighted by Gasteiger charge is 2.28. The maximum Gasteiger partial charge on any atom is 0.414 e. The topological polar surface area (TPSA) is 66.8 Å². The molecule has 0 saturated carbocycles. The molecule has 0 aliphatic carbocycles. The Morgan fingerprint density at radius 3 is 2.68 bits per heavy atom. The second-order valence-electron chi connectivity index (χ2n) is 6.59. The highest BCUT2D eigenvalue weighted by molar-refractivity contribution is 5.90. The van der Waals surface area contributed by atoms with Crippen LogP contribution < -0.4 is 4.90 Å². The molecule has 0 fully saturated rings. The van der Waals surface area contributed by atoms with Crippen LogP contribution in [0.5, 0.6) is 0 Å². The third-order valence-electron chi connectivity index (χ3n) is 3.51. The quantitative estimate of drug-likeness (QED) is 0.926. The molecule has 0 unspecified atom stereocenters. The van der Waals surface area contributed by atoms with E-state index in [9.17, 15) is 9.59 Å². The van der Waals surface area contributed by atoms with Crippen LogP contribution in [0.2, 0.25) is 0 Å². The van der Waals surface area contributed by atoms with Gasteiger partial charge in [0.2, 0.25) is 0 Å². The molecular weight excluding hydrogens is 282 g/mol. The minimum Gasteiger partial charge on any atom is -0.481 e. The first-order chi connectivity index (χ1) is 10.3. The fraction of sp³-hybridized carbons (Fsp3) is 0.529. The summed E-state index contributed by atoms with van der Waals surface area (Å²) in [6.45, 7) is 6.19. The van der Waals surface area contributed by atoms with E-state index in [1.807, 2.05) is 32.9 Å². The molecule has 0 saturated heterocycles. The van der Waals surface area contributed by atoms with Gasteiger partial charge in [-0.1, -0.05) is 12.1 Å². The summed E-state index contributed by atoms with van der Waals surface area (Å²) in [7, 11) is 0. The van der Waals surface area contributed by atoms with Gasteiger partial charge in [-0.15, -0.1) is 0 Å². The van der Waals surface area contributed by atoms with E-state index in [1.54, 1.807) is 4.90 Å². The number of ether oxygens (including phenoxy) is 1. The molecule has 0 bridgehead atoms. The lowest BCUT2D eigenvalue weighted by Gasteiger charge is -2.24. The fourth-order valence-electron chi connectivity index (χ4n) is 2.56. The molecule has 1 aromatic rings. The van der Waals surface area contributed by atoms with Gasteiger partial charge in [0.05, 0.1) is 5.69 Å². The van der Waals surface area contributed by atoms with E-state index < -0.39 is 11.6 Å². The molecular formula is C17H23NO4. The Hall–Kier alpha value is -2.04. The Bertz CT molecular complexity index is 575. The maximum absolute atomic E-state index is 12.2. The van der Waals surface area contributed by atoms with Gasteiger partial charge in [0, 0.05) is 13.0 Å². The zero-order valence-corrected chi connectivity index (χ0v) is 13.4. The average molecular weight is 305 g/mol. The summed E-state index contributed by atoms with van der Waals surface area (Å²) in [6, 6.07) is 5.97. The van der Waals surface area contributed by atoms with Gasteiger partial charge in [-0.3, -0.25) is 9.69 Å². The van der Waals surface area contributed by atoms with E-state index in [1.165, 1.54) is 0 Å². The monoisotopic (exact) mass is 305 g/mol. The molecule has 1 heterocycles. The Labute approximate surface area is 130 Å². The van der Waals surface area contributed by atoms with Crippen LogP contribution in [0, 0.1) is 0 Å². The van der Waals surface area contributed by atoms with Crippen molar-refractivity contribution < 1.29 is 19.4 Å². The largest absolute Gasteiger partial charge is 0.481 e. The minimum absolute atomic E-state index is 0.182. The van der Waals surface area contributed by atoms with Crippen molar-refractivity contribution in [2.45, 2.75) is 52.1 Å². The van der Waals surface area contributed by atoms with Crippen LogP contribution in [0.3, 0.4) is 0 Å². The van der Waals surface area contributed by atoms with Crippen LogP contribution in [-0.2, 0) is 22.4 Å². The van der Waals surface area contributed by atoms with E-state index in [-0.39, 0.29) is 12.5 Å². The summed E-state index contributed by atoms with van der Waals surface area (Å²) in [6.07, 6.45) is 2.04. The summed E-state index contributed by atoms with van der Waals surface area (Å²) >= 11 is 0. The first kappa shape index (κ1) is 16.3. The van der Waals surface area contributed by atoms with E-state index in [0.29, 0.717) is 13.0 Å². The fourth-order valence-corrected chi connectivity index (χ4v) is 2.56. The summed E-state index contributed by atoms with van der Waals surface area (Å²) in [4.78, 5) is 24.4. The smallest absolute Gasteiger partial charge is 0.414 e.